The molecule has 0 heterocycles. The van der Waals surface area contributed by atoms with E-state index >= 15 is 0 Å². The molecule has 4 heteroatoms. The Labute approximate surface area is 236 Å². The number of unbranched alkanes of at least 4 members (excludes halogenated alkanes) is 23. The lowest BCUT2D eigenvalue weighted by atomic mass is 10.0. The third kappa shape index (κ3) is 31.1. The Hall–Kier alpha value is -1.16. The Morgan fingerprint density at radius 2 is 0.789 bits per heavy atom. The van der Waals surface area contributed by atoms with Gasteiger partial charge in [-0.25, -0.2) is 0 Å². The number of carbonyl (C=O) groups excluding carboxylic acids is 2. The summed E-state index contributed by atoms with van der Waals surface area (Å²) in [4.78, 5) is 23.7. The summed E-state index contributed by atoms with van der Waals surface area (Å²) in [5.41, 5.74) is 0. The quantitative estimate of drug-likeness (QED) is 0.0429. The Balaban J connectivity index is 3.33. The van der Waals surface area contributed by atoms with Gasteiger partial charge in [0.05, 0.1) is 0 Å². The largest absolute Gasteiger partial charge is 0.396 e. The molecule has 0 amide bonds. The van der Waals surface area contributed by atoms with Gasteiger partial charge in [-0.3, -0.25) is 9.59 Å². The molecule has 0 fully saturated rings. The summed E-state index contributed by atoms with van der Waals surface area (Å²) >= 11 is 0. The van der Waals surface area contributed by atoms with Crippen LogP contribution >= 0.6 is 0 Å². The van der Waals surface area contributed by atoms with Gasteiger partial charge in [0.15, 0.2) is 0 Å². The third-order valence-corrected chi connectivity index (χ3v) is 7.41. The van der Waals surface area contributed by atoms with E-state index < -0.39 is 0 Å². The molecule has 0 saturated carbocycles. The van der Waals surface area contributed by atoms with Crippen molar-refractivity contribution in [2.24, 2.45) is 0 Å². The van der Waals surface area contributed by atoms with Crippen LogP contribution in [0.2, 0.25) is 0 Å². The molecule has 4 nitrogen and oxygen atoms in total. The van der Waals surface area contributed by atoms with Crippen LogP contribution < -0.4 is 0 Å². The lowest BCUT2D eigenvalue weighted by molar-refractivity contribution is -0.159. The standard InChI is InChI=1S/C34H64O4/c1-2-3-4-5-6-7-8-9-10-12-15-18-21-24-27-30-33(36)38-34(37)31-28-25-22-19-16-13-11-14-17-20-23-26-29-32-35/h9-10,35H,2-8,11-32H2,1H3. The van der Waals surface area contributed by atoms with Gasteiger partial charge in [-0.15, -0.1) is 0 Å². The van der Waals surface area contributed by atoms with Crippen molar-refractivity contribution in [1.29, 1.82) is 0 Å². The highest BCUT2D eigenvalue weighted by Crippen LogP contribution is 2.14. The molecule has 0 spiro atoms. The highest BCUT2D eigenvalue weighted by Gasteiger charge is 2.09. The topological polar surface area (TPSA) is 63.6 Å². The van der Waals surface area contributed by atoms with Crippen LogP contribution in [0.3, 0.4) is 0 Å². The zero-order valence-corrected chi connectivity index (χ0v) is 25.3. The van der Waals surface area contributed by atoms with E-state index in [0.717, 1.165) is 51.4 Å². The van der Waals surface area contributed by atoms with Gasteiger partial charge in [-0.1, -0.05) is 141 Å². The fraction of sp³-hybridized carbons (Fsp3) is 0.882. The predicted molar refractivity (Wildman–Crippen MR) is 162 cm³/mol. The second-order valence-corrected chi connectivity index (χ2v) is 11.3. The van der Waals surface area contributed by atoms with Crippen molar-refractivity contribution >= 4 is 11.9 Å². The molecule has 0 aromatic carbocycles. The van der Waals surface area contributed by atoms with E-state index in [1.807, 2.05) is 0 Å². The lowest BCUT2D eigenvalue weighted by Gasteiger charge is -2.04. The zero-order valence-electron chi connectivity index (χ0n) is 25.3. The fourth-order valence-corrected chi connectivity index (χ4v) is 4.89. The molecule has 0 aliphatic heterocycles. The van der Waals surface area contributed by atoms with Crippen LogP contribution in [-0.2, 0) is 14.3 Å². The molecule has 1 N–H and O–H groups in total. The number of allylic oxidation sites excluding steroid dienone is 2. The summed E-state index contributed by atoms with van der Waals surface area (Å²) in [7, 11) is 0. The maximum atomic E-state index is 11.9. The molecule has 0 aromatic rings. The summed E-state index contributed by atoms with van der Waals surface area (Å²) in [5, 5.41) is 8.76. The molecule has 38 heavy (non-hydrogen) atoms. The van der Waals surface area contributed by atoms with Gasteiger partial charge in [-0.05, 0) is 44.9 Å². The monoisotopic (exact) mass is 536 g/mol. The Bertz CT molecular complexity index is 529. The van der Waals surface area contributed by atoms with Crippen molar-refractivity contribution in [2.75, 3.05) is 6.61 Å². The van der Waals surface area contributed by atoms with Crippen LogP contribution in [0, 0.1) is 0 Å². The van der Waals surface area contributed by atoms with Crippen LogP contribution in [0.1, 0.15) is 187 Å². The molecule has 0 bridgehead atoms. The summed E-state index contributed by atoms with van der Waals surface area (Å²) < 4.78 is 4.98. The van der Waals surface area contributed by atoms with E-state index in [-0.39, 0.29) is 11.9 Å². The highest BCUT2D eigenvalue weighted by atomic mass is 16.6. The van der Waals surface area contributed by atoms with Crippen LogP contribution in [0.25, 0.3) is 0 Å². The van der Waals surface area contributed by atoms with Gasteiger partial charge in [0.1, 0.15) is 0 Å². The van der Waals surface area contributed by atoms with Crippen LogP contribution in [-0.4, -0.2) is 23.7 Å². The minimum Gasteiger partial charge on any atom is -0.396 e. The lowest BCUT2D eigenvalue weighted by Crippen LogP contribution is -2.11. The minimum absolute atomic E-state index is 0.331. The van der Waals surface area contributed by atoms with Gasteiger partial charge in [0.2, 0.25) is 0 Å². The van der Waals surface area contributed by atoms with E-state index in [2.05, 4.69) is 19.1 Å². The van der Waals surface area contributed by atoms with Crippen molar-refractivity contribution in [3.8, 4) is 0 Å². The van der Waals surface area contributed by atoms with Crippen molar-refractivity contribution in [1.82, 2.24) is 0 Å². The number of aliphatic hydroxyl groups excluding tert-OH is 1. The van der Waals surface area contributed by atoms with Crippen molar-refractivity contribution in [3.05, 3.63) is 12.2 Å². The first kappa shape index (κ1) is 36.8. The molecule has 0 rings (SSSR count). The number of ether oxygens (including phenoxy) is 1. The van der Waals surface area contributed by atoms with Crippen LogP contribution in [0.15, 0.2) is 12.2 Å². The van der Waals surface area contributed by atoms with E-state index in [1.54, 1.807) is 0 Å². The fourth-order valence-electron chi connectivity index (χ4n) is 4.89. The van der Waals surface area contributed by atoms with Gasteiger partial charge in [-0.2, -0.15) is 0 Å². The summed E-state index contributed by atoms with van der Waals surface area (Å²) in [6.07, 6.45) is 36.9. The van der Waals surface area contributed by atoms with E-state index in [0.29, 0.717) is 19.4 Å². The van der Waals surface area contributed by atoms with Crippen molar-refractivity contribution in [3.63, 3.8) is 0 Å². The predicted octanol–water partition coefficient (Wildman–Crippen LogP) is 10.5. The average molecular weight is 537 g/mol. The molecule has 0 unspecified atom stereocenters. The number of aliphatic hydroxyl groups is 1. The maximum absolute atomic E-state index is 11.9. The van der Waals surface area contributed by atoms with Crippen LogP contribution in [0.4, 0.5) is 0 Å². The Morgan fingerprint density at radius 1 is 0.474 bits per heavy atom. The first-order valence-corrected chi connectivity index (χ1v) is 16.7. The summed E-state index contributed by atoms with van der Waals surface area (Å²) in [6.45, 7) is 2.59. The molecule has 0 saturated heterocycles. The van der Waals surface area contributed by atoms with Crippen molar-refractivity contribution in [2.45, 2.75) is 187 Å². The molecule has 224 valence electrons. The summed E-state index contributed by atoms with van der Waals surface area (Å²) in [6, 6.07) is 0. The molecular formula is C34H64O4. The van der Waals surface area contributed by atoms with Crippen molar-refractivity contribution < 1.29 is 19.4 Å². The third-order valence-electron chi connectivity index (χ3n) is 7.41. The average Bonchev–Trinajstić information content (AvgIpc) is 2.91. The second kappa shape index (κ2) is 32.1. The second-order valence-electron chi connectivity index (χ2n) is 11.3. The maximum Gasteiger partial charge on any atom is 0.313 e. The van der Waals surface area contributed by atoms with Gasteiger partial charge in [0.25, 0.3) is 0 Å². The molecule has 0 aliphatic rings. The SMILES string of the molecule is CCCCCCCCC=CCCCCCCCC(=O)OC(=O)CCCCCCCCCCCCCCCO. The van der Waals surface area contributed by atoms with Gasteiger partial charge >= 0.3 is 11.9 Å². The zero-order chi connectivity index (χ0) is 27.8. The number of hydrogen-bond acceptors (Lipinski definition) is 4. The molecule has 0 radical (unpaired) electrons. The van der Waals surface area contributed by atoms with Crippen LogP contribution in [0.5, 0.6) is 0 Å². The van der Waals surface area contributed by atoms with E-state index in [9.17, 15) is 9.59 Å². The molecular weight excluding hydrogens is 472 g/mol. The van der Waals surface area contributed by atoms with E-state index in [4.69, 9.17) is 9.84 Å². The molecule has 0 aromatic heterocycles. The number of esters is 2. The number of rotatable bonds is 30. The molecule has 0 aliphatic carbocycles. The molecule has 0 atom stereocenters. The normalized spacial score (nSPS) is 11.4. The first-order chi connectivity index (χ1) is 18.7. The van der Waals surface area contributed by atoms with Gasteiger partial charge < -0.3 is 9.84 Å². The smallest absolute Gasteiger partial charge is 0.313 e. The first-order valence-electron chi connectivity index (χ1n) is 16.7. The number of hydrogen-bond donors (Lipinski definition) is 1. The minimum atomic E-state index is -0.346. The van der Waals surface area contributed by atoms with E-state index in [1.165, 1.54) is 116 Å². The number of carbonyl (C=O) groups is 2. The highest BCUT2D eigenvalue weighted by molar-refractivity contribution is 5.85. The Morgan fingerprint density at radius 3 is 1.16 bits per heavy atom. The Kier molecular flexibility index (Phi) is 31.1. The van der Waals surface area contributed by atoms with Gasteiger partial charge in [0, 0.05) is 19.4 Å². The summed E-state index contributed by atoms with van der Waals surface area (Å²) in [5.74, 6) is -0.692.